The predicted molar refractivity (Wildman–Crippen MR) is 62.0 cm³/mol. The fourth-order valence-corrected chi connectivity index (χ4v) is 1.63. The fourth-order valence-electron chi connectivity index (χ4n) is 1.63. The highest BCUT2D eigenvalue weighted by Crippen LogP contribution is 2.24. The van der Waals surface area contributed by atoms with Gasteiger partial charge in [-0.2, -0.15) is 0 Å². The second-order valence-corrected chi connectivity index (χ2v) is 3.83. The molecule has 1 aromatic carbocycles. The molecule has 0 bridgehead atoms. The standard InChI is InChI=1S/C12H17F2NO2/c1-15(4-3-5-17-2)12-10(13)6-9(8-16)7-11(12)14/h6-7,16H,3-5,8H2,1-2H3. The van der Waals surface area contributed by atoms with Crippen LogP contribution in [0.4, 0.5) is 14.5 Å². The fraction of sp³-hybridized carbons (Fsp3) is 0.500. The van der Waals surface area contributed by atoms with Gasteiger partial charge in [0.1, 0.15) is 17.3 Å². The summed E-state index contributed by atoms with van der Waals surface area (Å²) in [6, 6.07) is 2.29. The maximum atomic E-state index is 13.6. The van der Waals surface area contributed by atoms with Crippen LogP contribution in [0.25, 0.3) is 0 Å². The molecule has 1 N–H and O–H groups in total. The third-order valence-corrected chi connectivity index (χ3v) is 2.48. The van der Waals surface area contributed by atoms with Gasteiger partial charge in [0, 0.05) is 27.3 Å². The van der Waals surface area contributed by atoms with Crippen LogP contribution in [0.2, 0.25) is 0 Å². The van der Waals surface area contributed by atoms with Crippen molar-refractivity contribution in [3.05, 3.63) is 29.3 Å². The third-order valence-electron chi connectivity index (χ3n) is 2.48. The van der Waals surface area contributed by atoms with E-state index in [1.807, 2.05) is 0 Å². The zero-order valence-electron chi connectivity index (χ0n) is 10.0. The molecule has 5 heteroatoms. The first-order valence-electron chi connectivity index (χ1n) is 5.39. The van der Waals surface area contributed by atoms with E-state index >= 15 is 0 Å². The number of hydrogen-bond donors (Lipinski definition) is 1. The van der Waals surface area contributed by atoms with Crippen molar-refractivity contribution in [1.82, 2.24) is 0 Å². The number of rotatable bonds is 6. The van der Waals surface area contributed by atoms with Gasteiger partial charge >= 0.3 is 0 Å². The molecule has 0 radical (unpaired) electrons. The second-order valence-electron chi connectivity index (χ2n) is 3.83. The minimum Gasteiger partial charge on any atom is -0.392 e. The molecule has 0 amide bonds. The number of methoxy groups -OCH3 is 1. The van der Waals surface area contributed by atoms with Gasteiger partial charge in [-0.05, 0) is 24.1 Å². The monoisotopic (exact) mass is 245 g/mol. The highest BCUT2D eigenvalue weighted by atomic mass is 19.1. The zero-order chi connectivity index (χ0) is 12.8. The summed E-state index contributed by atoms with van der Waals surface area (Å²) < 4.78 is 32.1. The Morgan fingerprint density at radius 2 is 1.88 bits per heavy atom. The molecule has 0 aliphatic rings. The van der Waals surface area contributed by atoms with Crippen LogP contribution >= 0.6 is 0 Å². The highest BCUT2D eigenvalue weighted by Gasteiger charge is 2.14. The van der Waals surface area contributed by atoms with Crippen LogP contribution in [0.5, 0.6) is 0 Å². The molecule has 96 valence electrons. The highest BCUT2D eigenvalue weighted by molar-refractivity contribution is 5.50. The van der Waals surface area contributed by atoms with E-state index in [-0.39, 0.29) is 17.9 Å². The Morgan fingerprint density at radius 3 is 2.35 bits per heavy atom. The van der Waals surface area contributed by atoms with Gasteiger partial charge in [0.05, 0.1) is 6.61 Å². The summed E-state index contributed by atoms with van der Waals surface area (Å²) in [4.78, 5) is 1.50. The van der Waals surface area contributed by atoms with E-state index in [9.17, 15) is 8.78 Å². The van der Waals surface area contributed by atoms with Crippen LogP contribution in [0.3, 0.4) is 0 Å². The van der Waals surface area contributed by atoms with E-state index in [4.69, 9.17) is 9.84 Å². The van der Waals surface area contributed by atoms with Crippen LogP contribution in [0.15, 0.2) is 12.1 Å². The molecule has 1 aromatic rings. The topological polar surface area (TPSA) is 32.7 Å². The quantitative estimate of drug-likeness (QED) is 0.777. The van der Waals surface area contributed by atoms with Crippen molar-refractivity contribution >= 4 is 5.69 Å². The second kappa shape index (κ2) is 6.51. The lowest BCUT2D eigenvalue weighted by Crippen LogP contribution is -2.22. The van der Waals surface area contributed by atoms with Crippen LogP contribution in [0.1, 0.15) is 12.0 Å². The number of aliphatic hydroxyl groups is 1. The average Bonchev–Trinajstić information content (AvgIpc) is 2.28. The van der Waals surface area contributed by atoms with Crippen LogP contribution in [-0.2, 0) is 11.3 Å². The molecule has 0 atom stereocenters. The number of anilines is 1. The third kappa shape index (κ3) is 3.64. The van der Waals surface area contributed by atoms with Gasteiger partial charge in [-0.3, -0.25) is 0 Å². The maximum Gasteiger partial charge on any atom is 0.149 e. The molecule has 3 nitrogen and oxygen atoms in total. The minimum absolute atomic E-state index is 0.0710. The Bertz CT molecular complexity index is 349. The molecule has 0 heterocycles. The molecule has 17 heavy (non-hydrogen) atoms. The summed E-state index contributed by atoms with van der Waals surface area (Å²) in [6.45, 7) is 0.671. The molecule has 0 aliphatic heterocycles. The zero-order valence-corrected chi connectivity index (χ0v) is 10.0. The lowest BCUT2D eigenvalue weighted by atomic mass is 10.2. The van der Waals surface area contributed by atoms with Crippen molar-refractivity contribution in [2.45, 2.75) is 13.0 Å². The Hall–Kier alpha value is -1.20. The van der Waals surface area contributed by atoms with Gasteiger partial charge < -0.3 is 14.7 Å². The van der Waals surface area contributed by atoms with Crippen molar-refractivity contribution in [2.24, 2.45) is 0 Å². The van der Waals surface area contributed by atoms with E-state index in [0.717, 1.165) is 12.1 Å². The number of benzene rings is 1. The molecule has 0 aromatic heterocycles. The Kier molecular flexibility index (Phi) is 5.31. The average molecular weight is 245 g/mol. The van der Waals surface area contributed by atoms with E-state index in [2.05, 4.69) is 0 Å². The summed E-state index contributed by atoms with van der Waals surface area (Å²) in [6.07, 6.45) is 0.688. The van der Waals surface area contributed by atoms with Gasteiger partial charge in [-0.1, -0.05) is 0 Å². The molecule has 0 saturated carbocycles. The molecular weight excluding hydrogens is 228 g/mol. The van der Waals surface area contributed by atoms with E-state index in [1.54, 1.807) is 14.2 Å². The van der Waals surface area contributed by atoms with Crippen molar-refractivity contribution < 1.29 is 18.6 Å². The van der Waals surface area contributed by atoms with Gasteiger partial charge in [-0.25, -0.2) is 8.78 Å². The Labute approximate surface area is 99.6 Å². The van der Waals surface area contributed by atoms with Crippen molar-refractivity contribution in [3.8, 4) is 0 Å². The number of nitrogens with zero attached hydrogens (tertiary/aromatic N) is 1. The molecule has 0 aliphatic carbocycles. The SMILES string of the molecule is COCCCN(C)c1c(F)cc(CO)cc1F. The number of hydrogen-bond acceptors (Lipinski definition) is 3. The number of halogens is 2. The predicted octanol–water partition coefficient (Wildman–Crippen LogP) is 1.93. The summed E-state index contributed by atoms with van der Waals surface area (Å²) in [5.74, 6) is -1.32. The van der Waals surface area contributed by atoms with Gasteiger partial charge in [0.2, 0.25) is 0 Å². The van der Waals surface area contributed by atoms with Crippen LogP contribution in [-0.4, -0.2) is 32.4 Å². The summed E-state index contributed by atoms with van der Waals surface area (Å²) in [5.41, 5.74) is 0.160. The first kappa shape index (κ1) is 13.9. The summed E-state index contributed by atoms with van der Waals surface area (Å²) >= 11 is 0. The lowest BCUT2D eigenvalue weighted by Gasteiger charge is -2.20. The molecule has 0 saturated heterocycles. The molecule has 0 unspecified atom stereocenters. The van der Waals surface area contributed by atoms with Crippen LogP contribution in [0, 0.1) is 11.6 Å². The first-order valence-corrected chi connectivity index (χ1v) is 5.39. The normalized spacial score (nSPS) is 10.6. The first-order chi connectivity index (χ1) is 8.10. The minimum atomic E-state index is -0.658. The van der Waals surface area contributed by atoms with E-state index < -0.39 is 11.6 Å². The van der Waals surface area contributed by atoms with Crippen molar-refractivity contribution in [2.75, 3.05) is 32.2 Å². The van der Waals surface area contributed by atoms with Gasteiger partial charge in [-0.15, -0.1) is 0 Å². The van der Waals surface area contributed by atoms with E-state index in [0.29, 0.717) is 19.6 Å². The molecule has 0 fully saturated rings. The Morgan fingerprint density at radius 1 is 1.29 bits per heavy atom. The molecule has 1 rings (SSSR count). The lowest BCUT2D eigenvalue weighted by molar-refractivity contribution is 0.196. The maximum absolute atomic E-state index is 13.6. The number of ether oxygens (including phenoxy) is 1. The summed E-state index contributed by atoms with van der Waals surface area (Å²) in [7, 11) is 3.20. The van der Waals surface area contributed by atoms with E-state index in [1.165, 1.54) is 4.90 Å². The number of aliphatic hydroxyl groups excluding tert-OH is 1. The van der Waals surface area contributed by atoms with Crippen molar-refractivity contribution in [3.63, 3.8) is 0 Å². The van der Waals surface area contributed by atoms with Gasteiger partial charge in [0.25, 0.3) is 0 Å². The molecular formula is C12H17F2NO2. The van der Waals surface area contributed by atoms with Crippen molar-refractivity contribution in [1.29, 1.82) is 0 Å². The molecule has 0 spiro atoms. The van der Waals surface area contributed by atoms with Crippen LogP contribution < -0.4 is 4.90 Å². The largest absolute Gasteiger partial charge is 0.392 e. The smallest absolute Gasteiger partial charge is 0.149 e. The summed E-state index contributed by atoms with van der Waals surface area (Å²) in [5, 5.41) is 8.83. The van der Waals surface area contributed by atoms with Gasteiger partial charge in [0.15, 0.2) is 0 Å². The Balaban J connectivity index is 2.82.